The Morgan fingerprint density at radius 1 is 1.32 bits per heavy atom. The minimum atomic E-state index is 0.785. The van der Waals surface area contributed by atoms with Crippen molar-refractivity contribution < 1.29 is 0 Å². The smallest absolute Gasteiger partial charge is 0.0739 e. The zero-order valence-electron chi connectivity index (χ0n) is 11.5. The first-order valence-corrected chi connectivity index (χ1v) is 7.10. The van der Waals surface area contributed by atoms with Crippen molar-refractivity contribution in [2.24, 2.45) is 0 Å². The number of hydrogen-bond donors (Lipinski definition) is 1. The van der Waals surface area contributed by atoms with Gasteiger partial charge >= 0.3 is 0 Å². The molecule has 0 amide bonds. The minimum absolute atomic E-state index is 0.785. The van der Waals surface area contributed by atoms with E-state index < -0.39 is 0 Å². The third kappa shape index (κ3) is 2.92. The molecule has 0 radical (unpaired) electrons. The Labute approximate surface area is 122 Å². The number of nitrogens with zero attached hydrogens (tertiary/aromatic N) is 3. The summed E-state index contributed by atoms with van der Waals surface area (Å²) in [6, 6.07) is 7.90. The van der Waals surface area contributed by atoms with E-state index in [-0.39, 0.29) is 0 Å². The summed E-state index contributed by atoms with van der Waals surface area (Å²) in [5, 5.41) is 4.51. The van der Waals surface area contributed by atoms with Gasteiger partial charge in [-0.2, -0.15) is 5.10 Å². The lowest BCUT2D eigenvalue weighted by Gasteiger charge is -2.20. The van der Waals surface area contributed by atoms with E-state index in [4.69, 9.17) is 5.73 Å². The van der Waals surface area contributed by atoms with Crippen LogP contribution in [0.1, 0.15) is 18.3 Å². The highest BCUT2D eigenvalue weighted by atomic mass is 79.9. The van der Waals surface area contributed by atoms with Gasteiger partial charge in [0.25, 0.3) is 0 Å². The number of nitrogen functional groups attached to an aromatic ring is 1. The third-order valence-electron chi connectivity index (χ3n) is 3.17. The SMILES string of the molecule is CCn1nc(C)c(Br)c1CN(C)c1ccc(N)cc1. The van der Waals surface area contributed by atoms with E-state index in [1.807, 2.05) is 35.9 Å². The van der Waals surface area contributed by atoms with Crippen molar-refractivity contribution >= 4 is 27.3 Å². The molecule has 0 fully saturated rings. The fraction of sp³-hybridized carbons (Fsp3) is 0.357. The lowest BCUT2D eigenvalue weighted by Crippen LogP contribution is -2.19. The highest BCUT2D eigenvalue weighted by Crippen LogP contribution is 2.24. The number of aromatic nitrogens is 2. The summed E-state index contributed by atoms with van der Waals surface area (Å²) in [7, 11) is 2.07. The second kappa shape index (κ2) is 5.65. The minimum Gasteiger partial charge on any atom is -0.399 e. The molecule has 0 spiro atoms. The summed E-state index contributed by atoms with van der Waals surface area (Å²) in [6.45, 7) is 5.80. The van der Waals surface area contributed by atoms with Gasteiger partial charge in [-0.15, -0.1) is 0 Å². The van der Waals surface area contributed by atoms with Gasteiger partial charge in [0.15, 0.2) is 0 Å². The fourth-order valence-corrected chi connectivity index (χ4v) is 2.47. The molecule has 5 heteroatoms. The molecule has 2 rings (SSSR count). The van der Waals surface area contributed by atoms with Crippen molar-refractivity contribution in [1.29, 1.82) is 0 Å². The Morgan fingerprint density at radius 3 is 2.53 bits per heavy atom. The average molecular weight is 323 g/mol. The largest absolute Gasteiger partial charge is 0.399 e. The van der Waals surface area contributed by atoms with Gasteiger partial charge < -0.3 is 10.6 Å². The van der Waals surface area contributed by atoms with Gasteiger partial charge in [-0.05, 0) is 54.0 Å². The normalized spacial score (nSPS) is 10.7. The lowest BCUT2D eigenvalue weighted by atomic mass is 10.2. The number of halogens is 1. The Hall–Kier alpha value is -1.49. The van der Waals surface area contributed by atoms with E-state index in [2.05, 4.69) is 39.9 Å². The second-order valence-electron chi connectivity index (χ2n) is 4.61. The Kier molecular flexibility index (Phi) is 4.14. The summed E-state index contributed by atoms with van der Waals surface area (Å²) in [5.74, 6) is 0. The van der Waals surface area contributed by atoms with Gasteiger partial charge in [-0.3, -0.25) is 4.68 Å². The van der Waals surface area contributed by atoms with Crippen LogP contribution in [0.25, 0.3) is 0 Å². The molecule has 0 aliphatic rings. The van der Waals surface area contributed by atoms with E-state index in [9.17, 15) is 0 Å². The number of anilines is 2. The number of benzene rings is 1. The van der Waals surface area contributed by atoms with Gasteiger partial charge in [-0.1, -0.05) is 0 Å². The molecule has 0 aliphatic carbocycles. The summed E-state index contributed by atoms with van der Waals surface area (Å²) < 4.78 is 3.13. The van der Waals surface area contributed by atoms with Crippen molar-refractivity contribution in [3.05, 3.63) is 40.1 Å². The molecule has 0 saturated heterocycles. The molecule has 0 saturated carbocycles. The van der Waals surface area contributed by atoms with Crippen molar-refractivity contribution in [2.75, 3.05) is 17.7 Å². The standard InChI is InChI=1S/C14H19BrN4/c1-4-19-13(14(15)10(2)17-19)9-18(3)12-7-5-11(16)6-8-12/h5-8H,4,9,16H2,1-3H3. The Balaban J connectivity index is 2.23. The van der Waals surface area contributed by atoms with Crippen LogP contribution in [0.5, 0.6) is 0 Å². The lowest BCUT2D eigenvalue weighted by molar-refractivity contribution is 0.612. The maximum Gasteiger partial charge on any atom is 0.0739 e. The van der Waals surface area contributed by atoms with Crippen molar-refractivity contribution in [1.82, 2.24) is 9.78 Å². The topological polar surface area (TPSA) is 47.1 Å². The van der Waals surface area contributed by atoms with Gasteiger partial charge in [0.2, 0.25) is 0 Å². The molecule has 102 valence electrons. The second-order valence-corrected chi connectivity index (χ2v) is 5.40. The van der Waals surface area contributed by atoms with E-state index in [0.717, 1.165) is 34.6 Å². The molecule has 2 aromatic rings. The molecular formula is C14H19BrN4. The summed E-state index contributed by atoms with van der Waals surface area (Å²) in [5.41, 5.74) is 9.86. The molecule has 0 atom stereocenters. The van der Waals surface area contributed by atoms with Crippen LogP contribution in [-0.4, -0.2) is 16.8 Å². The zero-order chi connectivity index (χ0) is 14.0. The number of aryl methyl sites for hydroxylation is 2. The summed E-state index contributed by atoms with van der Waals surface area (Å²) >= 11 is 3.62. The highest BCUT2D eigenvalue weighted by molar-refractivity contribution is 9.10. The molecular weight excluding hydrogens is 304 g/mol. The molecule has 1 aromatic carbocycles. The van der Waals surface area contributed by atoms with Gasteiger partial charge in [-0.25, -0.2) is 0 Å². The first-order chi connectivity index (χ1) is 9.02. The van der Waals surface area contributed by atoms with Gasteiger partial charge in [0.1, 0.15) is 0 Å². The summed E-state index contributed by atoms with van der Waals surface area (Å²) in [4.78, 5) is 2.19. The fourth-order valence-electron chi connectivity index (χ4n) is 2.06. The van der Waals surface area contributed by atoms with Crippen LogP contribution < -0.4 is 10.6 Å². The molecule has 0 bridgehead atoms. The Morgan fingerprint density at radius 2 is 1.95 bits per heavy atom. The molecule has 19 heavy (non-hydrogen) atoms. The quantitative estimate of drug-likeness (QED) is 0.879. The van der Waals surface area contributed by atoms with E-state index in [0.29, 0.717) is 0 Å². The third-order valence-corrected chi connectivity index (χ3v) is 4.21. The first kappa shape index (κ1) is 13.9. The van der Waals surface area contributed by atoms with Crippen LogP contribution >= 0.6 is 15.9 Å². The average Bonchev–Trinajstić information content (AvgIpc) is 2.67. The molecule has 2 N–H and O–H groups in total. The maximum atomic E-state index is 5.71. The van der Waals surface area contributed by atoms with Gasteiger partial charge in [0.05, 0.1) is 22.4 Å². The maximum absolute atomic E-state index is 5.71. The van der Waals surface area contributed by atoms with Crippen LogP contribution in [0.15, 0.2) is 28.7 Å². The molecule has 4 nitrogen and oxygen atoms in total. The number of rotatable bonds is 4. The predicted molar refractivity (Wildman–Crippen MR) is 83.3 cm³/mol. The van der Waals surface area contributed by atoms with Crippen LogP contribution in [-0.2, 0) is 13.1 Å². The van der Waals surface area contributed by atoms with Crippen LogP contribution in [0, 0.1) is 6.92 Å². The van der Waals surface area contributed by atoms with Crippen molar-refractivity contribution in [2.45, 2.75) is 26.9 Å². The van der Waals surface area contributed by atoms with E-state index in [1.165, 1.54) is 5.69 Å². The van der Waals surface area contributed by atoms with Gasteiger partial charge in [0, 0.05) is 25.0 Å². The molecule has 1 heterocycles. The monoisotopic (exact) mass is 322 g/mol. The van der Waals surface area contributed by atoms with E-state index >= 15 is 0 Å². The van der Waals surface area contributed by atoms with Crippen LogP contribution in [0.3, 0.4) is 0 Å². The van der Waals surface area contributed by atoms with E-state index in [1.54, 1.807) is 0 Å². The number of nitrogens with two attached hydrogens (primary N) is 1. The summed E-state index contributed by atoms with van der Waals surface area (Å²) in [6.07, 6.45) is 0. The molecule has 1 aromatic heterocycles. The van der Waals surface area contributed by atoms with Crippen LogP contribution in [0.4, 0.5) is 11.4 Å². The highest BCUT2D eigenvalue weighted by Gasteiger charge is 2.14. The van der Waals surface area contributed by atoms with Crippen LogP contribution in [0.2, 0.25) is 0 Å². The number of hydrogen-bond acceptors (Lipinski definition) is 3. The zero-order valence-corrected chi connectivity index (χ0v) is 13.1. The predicted octanol–water partition coefficient (Wildman–Crippen LogP) is 3.19. The first-order valence-electron chi connectivity index (χ1n) is 6.31. The Bertz CT molecular complexity index is 560. The molecule has 0 unspecified atom stereocenters. The van der Waals surface area contributed by atoms with Crippen molar-refractivity contribution in [3.8, 4) is 0 Å². The van der Waals surface area contributed by atoms with Crippen molar-refractivity contribution in [3.63, 3.8) is 0 Å². The molecule has 0 aliphatic heterocycles.